The first-order valence-corrected chi connectivity index (χ1v) is 6.78. The average Bonchev–Trinajstić information content (AvgIpc) is 2.44. The number of carbonyl (C=O) groups excluding carboxylic acids is 2. The van der Waals surface area contributed by atoms with Gasteiger partial charge < -0.3 is 9.64 Å². The average molecular weight is 328 g/mol. The molecule has 104 valence electrons. The van der Waals surface area contributed by atoms with Crippen molar-refractivity contribution in [2.75, 3.05) is 14.2 Å². The van der Waals surface area contributed by atoms with E-state index >= 15 is 0 Å². The number of benzene rings is 1. The van der Waals surface area contributed by atoms with Crippen LogP contribution in [0.15, 0.2) is 28.7 Å². The molecule has 1 aromatic rings. The summed E-state index contributed by atoms with van der Waals surface area (Å²) in [4.78, 5) is 25.5. The summed E-state index contributed by atoms with van der Waals surface area (Å²) >= 11 is 3.35. The van der Waals surface area contributed by atoms with Gasteiger partial charge in [0.2, 0.25) is 5.91 Å². The van der Waals surface area contributed by atoms with Gasteiger partial charge in [-0.15, -0.1) is 0 Å². The van der Waals surface area contributed by atoms with E-state index < -0.39 is 11.5 Å². The number of esters is 1. The number of ether oxygens (including phenoxy) is 1. The van der Waals surface area contributed by atoms with Crippen molar-refractivity contribution < 1.29 is 14.3 Å². The largest absolute Gasteiger partial charge is 0.467 e. The minimum absolute atomic E-state index is 0.115. The Kier molecular flexibility index (Phi) is 5.11. The molecule has 0 aliphatic rings. The summed E-state index contributed by atoms with van der Waals surface area (Å²) in [6.45, 7) is 3.45. The molecule has 0 heterocycles. The molecule has 0 fully saturated rings. The van der Waals surface area contributed by atoms with Gasteiger partial charge in [0.25, 0.3) is 0 Å². The zero-order valence-electron chi connectivity index (χ0n) is 11.6. The van der Waals surface area contributed by atoms with Crippen molar-refractivity contribution in [2.24, 2.45) is 0 Å². The van der Waals surface area contributed by atoms with Crippen molar-refractivity contribution in [2.45, 2.75) is 25.8 Å². The molecule has 5 heteroatoms. The van der Waals surface area contributed by atoms with E-state index in [2.05, 4.69) is 15.9 Å². The minimum Gasteiger partial charge on any atom is -0.467 e. The molecule has 1 unspecified atom stereocenters. The van der Waals surface area contributed by atoms with E-state index in [0.717, 1.165) is 4.47 Å². The highest BCUT2D eigenvalue weighted by molar-refractivity contribution is 9.10. The molecule has 1 aromatic carbocycles. The Balaban J connectivity index is 3.31. The van der Waals surface area contributed by atoms with Crippen LogP contribution in [-0.2, 0) is 19.9 Å². The van der Waals surface area contributed by atoms with Crippen molar-refractivity contribution in [1.82, 2.24) is 4.90 Å². The number of methoxy groups -OCH3 is 1. The standard InChI is InChI=1S/C14H18BrNO3/c1-5-12(17)16(3)14(2,13(18)19-4)10-6-8-11(15)9-7-10/h6-9H,5H2,1-4H3. The third-order valence-electron chi connectivity index (χ3n) is 3.34. The van der Waals surface area contributed by atoms with Crippen molar-refractivity contribution in [3.8, 4) is 0 Å². The molecule has 0 aliphatic heterocycles. The second-order valence-corrected chi connectivity index (χ2v) is 5.29. The highest BCUT2D eigenvalue weighted by Gasteiger charge is 2.42. The van der Waals surface area contributed by atoms with Gasteiger partial charge >= 0.3 is 5.97 Å². The SMILES string of the molecule is CCC(=O)N(C)C(C)(C(=O)OC)c1ccc(Br)cc1. The second-order valence-electron chi connectivity index (χ2n) is 4.38. The maximum Gasteiger partial charge on any atom is 0.336 e. The molecule has 0 aromatic heterocycles. The third-order valence-corrected chi connectivity index (χ3v) is 3.87. The van der Waals surface area contributed by atoms with Gasteiger partial charge in [0, 0.05) is 17.9 Å². The Labute approximate surface area is 121 Å². The number of hydrogen-bond acceptors (Lipinski definition) is 3. The number of rotatable bonds is 4. The number of amides is 1. The summed E-state index contributed by atoms with van der Waals surface area (Å²) < 4.78 is 5.78. The number of halogens is 1. The predicted molar refractivity (Wildman–Crippen MR) is 76.6 cm³/mol. The molecule has 0 aliphatic carbocycles. The smallest absolute Gasteiger partial charge is 0.336 e. The minimum atomic E-state index is -1.12. The Morgan fingerprint density at radius 1 is 1.32 bits per heavy atom. The molecule has 0 radical (unpaired) electrons. The Hall–Kier alpha value is -1.36. The van der Waals surface area contributed by atoms with Crippen molar-refractivity contribution >= 4 is 27.8 Å². The zero-order valence-corrected chi connectivity index (χ0v) is 13.2. The lowest BCUT2D eigenvalue weighted by molar-refractivity contribution is -0.160. The van der Waals surface area contributed by atoms with Gasteiger partial charge in [0.15, 0.2) is 5.54 Å². The monoisotopic (exact) mass is 327 g/mol. The number of carbonyl (C=O) groups is 2. The van der Waals surface area contributed by atoms with Gasteiger partial charge in [-0.3, -0.25) is 4.79 Å². The molecular formula is C14H18BrNO3. The molecule has 1 atom stereocenters. The Morgan fingerprint density at radius 3 is 2.26 bits per heavy atom. The van der Waals surface area contributed by atoms with E-state index in [-0.39, 0.29) is 5.91 Å². The van der Waals surface area contributed by atoms with E-state index in [9.17, 15) is 9.59 Å². The van der Waals surface area contributed by atoms with Gasteiger partial charge in [-0.2, -0.15) is 0 Å². The quantitative estimate of drug-likeness (QED) is 0.799. The molecule has 19 heavy (non-hydrogen) atoms. The van der Waals surface area contributed by atoms with Gasteiger partial charge in [0.05, 0.1) is 7.11 Å². The van der Waals surface area contributed by atoms with Crippen LogP contribution < -0.4 is 0 Å². The van der Waals surface area contributed by atoms with Crippen LogP contribution in [0.2, 0.25) is 0 Å². The first-order valence-electron chi connectivity index (χ1n) is 5.99. The molecule has 1 rings (SSSR count). The van der Waals surface area contributed by atoms with E-state index in [1.807, 2.05) is 12.1 Å². The first-order chi connectivity index (χ1) is 8.87. The fraction of sp³-hybridized carbons (Fsp3) is 0.429. The van der Waals surface area contributed by atoms with Crippen LogP contribution in [0.4, 0.5) is 0 Å². The van der Waals surface area contributed by atoms with Gasteiger partial charge in [-0.25, -0.2) is 4.79 Å². The lowest BCUT2D eigenvalue weighted by atomic mass is 9.90. The molecule has 1 amide bonds. The molecule has 0 saturated heterocycles. The molecular weight excluding hydrogens is 310 g/mol. The Morgan fingerprint density at radius 2 is 1.84 bits per heavy atom. The maximum absolute atomic E-state index is 12.2. The first kappa shape index (κ1) is 15.7. The van der Waals surface area contributed by atoms with Crippen molar-refractivity contribution in [3.63, 3.8) is 0 Å². The molecule has 0 N–H and O–H groups in total. The highest BCUT2D eigenvalue weighted by Crippen LogP contribution is 2.30. The summed E-state index contributed by atoms with van der Waals surface area (Å²) in [5.74, 6) is -0.574. The van der Waals surface area contributed by atoms with Crippen LogP contribution in [0.1, 0.15) is 25.8 Å². The normalized spacial score (nSPS) is 13.5. The van der Waals surface area contributed by atoms with E-state index in [4.69, 9.17) is 4.74 Å². The number of likely N-dealkylation sites (N-methyl/N-ethyl adjacent to an activating group) is 1. The van der Waals surface area contributed by atoms with Crippen molar-refractivity contribution in [1.29, 1.82) is 0 Å². The lowest BCUT2D eigenvalue weighted by Crippen LogP contribution is -2.51. The summed E-state index contributed by atoms with van der Waals surface area (Å²) in [6, 6.07) is 7.28. The summed E-state index contributed by atoms with van der Waals surface area (Å²) in [5.41, 5.74) is -0.408. The van der Waals surface area contributed by atoms with Crippen LogP contribution in [0.25, 0.3) is 0 Å². The predicted octanol–water partition coefficient (Wildman–Crippen LogP) is 2.71. The van der Waals surface area contributed by atoms with Gasteiger partial charge in [0.1, 0.15) is 0 Å². The van der Waals surface area contributed by atoms with Crippen LogP contribution in [-0.4, -0.2) is 30.9 Å². The molecule has 4 nitrogen and oxygen atoms in total. The third kappa shape index (κ3) is 2.97. The molecule has 0 spiro atoms. The second kappa shape index (κ2) is 6.19. The van der Waals surface area contributed by atoms with E-state index in [0.29, 0.717) is 12.0 Å². The van der Waals surface area contributed by atoms with Gasteiger partial charge in [-0.05, 0) is 24.6 Å². The fourth-order valence-electron chi connectivity index (χ4n) is 1.91. The van der Waals surface area contributed by atoms with Crippen LogP contribution >= 0.6 is 15.9 Å². The van der Waals surface area contributed by atoms with E-state index in [1.165, 1.54) is 12.0 Å². The summed E-state index contributed by atoms with van der Waals surface area (Å²) in [5, 5.41) is 0. The van der Waals surface area contributed by atoms with Gasteiger partial charge in [-0.1, -0.05) is 35.0 Å². The molecule has 0 bridgehead atoms. The number of nitrogens with zero attached hydrogens (tertiary/aromatic N) is 1. The highest BCUT2D eigenvalue weighted by atomic mass is 79.9. The van der Waals surface area contributed by atoms with E-state index in [1.54, 1.807) is 33.0 Å². The maximum atomic E-state index is 12.2. The van der Waals surface area contributed by atoms with Crippen molar-refractivity contribution in [3.05, 3.63) is 34.3 Å². The van der Waals surface area contributed by atoms with Crippen LogP contribution in [0.5, 0.6) is 0 Å². The Bertz CT molecular complexity index is 472. The zero-order chi connectivity index (χ0) is 14.6. The molecule has 0 saturated carbocycles. The van der Waals surface area contributed by atoms with Crippen LogP contribution in [0, 0.1) is 0 Å². The summed E-state index contributed by atoms with van der Waals surface area (Å²) in [6.07, 6.45) is 0.333. The lowest BCUT2D eigenvalue weighted by Gasteiger charge is -2.36. The number of hydrogen-bond donors (Lipinski definition) is 0. The topological polar surface area (TPSA) is 46.6 Å². The van der Waals surface area contributed by atoms with Crippen LogP contribution in [0.3, 0.4) is 0 Å². The fourth-order valence-corrected chi connectivity index (χ4v) is 2.17. The summed E-state index contributed by atoms with van der Waals surface area (Å²) in [7, 11) is 2.94.